The maximum Gasteiger partial charge on any atom is 0.0543 e. The zero-order valence-corrected chi connectivity index (χ0v) is 9.41. The quantitative estimate of drug-likeness (QED) is 0.630. The highest BCUT2D eigenvalue weighted by atomic mass is 16.3. The Bertz CT molecular complexity index is 176. The number of fused-ring (bicyclic) bond motifs is 1. The molecular formula is C13H24O. The van der Waals surface area contributed by atoms with Gasteiger partial charge in [0, 0.05) is 0 Å². The summed E-state index contributed by atoms with van der Waals surface area (Å²) >= 11 is 0. The van der Waals surface area contributed by atoms with Crippen molar-refractivity contribution in [2.45, 2.75) is 64.4 Å². The van der Waals surface area contributed by atoms with Crippen molar-refractivity contribution in [3.8, 4) is 0 Å². The first kappa shape index (κ1) is 10.5. The molecule has 2 aliphatic rings. The Morgan fingerprint density at radius 3 is 2.50 bits per heavy atom. The molecule has 2 fully saturated rings. The van der Waals surface area contributed by atoms with Gasteiger partial charge in [-0.25, -0.2) is 0 Å². The van der Waals surface area contributed by atoms with Gasteiger partial charge >= 0.3 is 0 Å². The fourth-order valence-corrected chi connectivity index (χ4v) is 3.41. The first-order chi connectivity index (χ1) is 6.75. The van der Waals surface area contributed by atoms with Crippen LogP contribution in [-0.4, -0.2) is 11.2 Å². The molecule has 0 spiro atoms. The summed E-state index contributed by atoms with van der Waals surface area (Å²) in [5.74, 6) is 2.72. The fraction of sp³-hybridized carbons (Fsp3) is 1.00. The lowest BCUT2D eigenvalue weighted by Gasteiger charge is -2.36. The molecule has 2 aliphatic carbocycles. The third kappa shape index (κ3) is 2.50. The predicted molar refractivity (Wildman–Crippen MR) is 59.1 cm³/mol. The number of hydrogen-bond acceptors (Lipinski definition) is 1. The van der Waals surface area contributed by atoms with E-state index < -0.39 is 0 Å². The van der Waals surface area contributed by atoms with Crippen molar-refractivity contribution >= 4 is 0 Å². The van der Waals surface area contributed by atoms with Crippen LogP contribution in [0.3, 0.4) is 0 Å². The van der Waals surface area contributed by atoms with Crippen LogP contribution < -0.4 is 0 Å². The number of aliphatic hydroxyl groups excluding tert-OH is 1. The summed E-state index contributed by atoms with van der Waals surface area (Å²) in [5.41, 5.74) is 0. The molecule has 1 heteroatoms. The third-order valence-electron chi connectivity index (χ3n) is 4.41. The topological polar surface area (TPSA) is 20.2 Å². The van der Waals surface area contributed by atoms with Gasteiger partial charge in [0.1, 0.15) is 0 Å². The molecule has 82 valence electrons. The van der Waals surface area contributed by atoms with E-state index in [2.05, 4.69) is 6.92 Å². The van der Waals surface area contributed by atoms with Crippen molar-refractivity contribution in [1.82, 2.24) is 0 Å². The van der Waals surface area contributed by atoms with Crippen molar-refractivity contribution in [3.05, 3.63) is 0 Å². The molecule has 2 unspecified atom stereocenters. The number of rotatable bonds is 0. The third-order valence-corrected chi connectivity index (χ3v) is 4.41. The molecule has 0 bridgehead atoms. The Morgan fingerprint density at radius 1 is 0.857 bits per heavy atom. The van der Waals surface area contributed by atoms with Gasteiger partial charge in [0.05, 0.1) is 6.10 Å². The standard InChI is InChI=1S/C13H24O/c1-10-3-2-4-11-7-8-13(14)9-12(11)6-5-10/h10-14H,2-9H2,1H3/t10-,11?,12?,13+/m0/s1. The molecule has 1 N–H and O–H groups in total. The highest BCUT2D eigenvalue weighted by Crippen LogP contribution is 2.39. The van der Waals surface area contributed by atoms with E-state index in [4.69, 9.17) is 0 Å². The van der Waals surface area contributed by atoms with E-state index in [1.807, 2.05) is 0 Å². The molecule has 0 heterocycles. The van der Waals surface area contributed by atoms with Crippen molar-refractivity contribution in [2.75, 3.05) is 0 Å². The van der Waals surface area contributed by atoms with Crippen LogP contribution in [0.2, 0.25) is 0 Å². The molecule has 14 heavy (non-hydrogen) atoms. The smallest absolute Gasteiger partial charge is 0.0543 e. The lowest BCUT2D eigenvalue weighted by molar-refractivity contribution is 0.0536. The second-order valence-corrected chi connectivity index (χ2v) is 5.60. The lowest BCUT2D eigenvalue weighted by Crippen LogP contribution is -2.29. The largest absolute Gasteiger partial charge is 0.393 e. The SMILES string of the molecule is C[C@H]1CCCC2CC[C@@H](O)CC2CC1. The van der Waals surface area contributed by atoms with E-state index in [9.17, 15) is 5.11 Å². The molecule has 0 aromatic heterocycles. The summed E-state index contributed by atoms with van der Waals surface area (Å²) in [6.45, 7) is 2.39. The highest BCUT2D eigenvalue weighted by molar-refractivity contribution is 4.82. The Labute approximate surface area is 87.9 Å². The van der Waals surface area contributed by atoms with E-state index in [0.717, 1.165) is 30.6 Å². The fourth-order valence-electron chi connectivity index (χ4n) is 3.41. The van der Waals surface area contributed by atoms with Gasteiger partial charge in [-0.1, -0.05) is 32.6 Å². The second kappa shape index (κ2) is 4.65. The molecule has 0 radical (unpaired) electrons. The lowest BCUT2D eigenvalue weighted by atomic mass is 9.71. The molecule has 2 rings (SSSR count). The summed E-state index contributed by atoms with van der Waals surface area (Å²) in [7, 11) is 0. The van der Waals surface area contributed by atoms with E-state index in [1.165, 1.54) is 38.5 Å². The minimum atomic E-state index is 0.0194. The first-order valence-corrected chi connectivity index (χ1v) is 6.43. The normalized spacial score (nSPS) is 45.0. The van der Waals surface area contributed by atoms with Gasteiger partial charge in [0.2, 0.25) is 0 Å². The van der Waals surface area contributed by atoms with Crippen molar-refractivity contribution in [3.63, 3.8) is 0 Å². The monoisotopic (exact) mass is 196 g/mol. The average molecular weight is 196 g/mol. The van der Waals surface area contributed by atoms with E-state index >= 15 is 0 Å². The Balaban J connectivity index is 1.92. The number of aliphatic hydroxyl groups is 1. The van der Waals surface area contributed by atoms with Gasteiger partial charge < -0.3 is 5.11 Å². The average Bonchev–Trinajstić information content (AvgIpc) is 2.15. The minimum Gasteiger partial charge on any atom is -0.393 e. The first-order valence-electron chi connectivity index (χ1n) is 6.43. The van der Waals surface area contributed by atoms with Crippen molar-refractivity contribution < 1.29 is 5.11 Å². The Kier molecular flexibility index (Phi) is 3.48. The summed E-state index contributed by atoms with van der Waals surface area (Å²) < 4.78 is 0. The molecule has 0 amide bonds. The van der Waals surface area contributed by atoms with Crippen LogP contribution >= 0.6 is 0 Å². The van der Waals surface area contributed by atoms with Gasteiger partial charge in [0.25, 0.3) is 0 Å². The zero-order chi connectivity index (χ0) is 9.97. The molecule has 0 aromatic rings. The number of hydrogen-bond donors (Lipinski definition) is 1. The van der Waals surface area contributed by atoms with E-state index in [-0.39, 0.29) is 6.10 Å². The van der Waals surface area contributed by atoms with Crippen LogP contribution in [-0.2, 0) is 0 Å². The molecule has 0 saturated heterocycles. The van der Waals surface area contributed by atoms with Crippen molar-refractivity contribution in [1.29, 1.82) is 0 Å². The van der Waals surface area contributed by atoms with E-state index in [1.54, 1.807) is 0 Å². The zero-order valence-electron chi connectivity index (χ0n) is 9.41. The van der Waals surface area contributed by atoms with Crippen LogP contribution in [0.15, 0.2) is 0 Å². The van der Waals surface area contributed by atoms with Gasteiger partial charge in [-0.15, -0.1) is 0 Å². The van der Waals surface area contributed by atoms with Crippen LogP contribution in [0.4, 0.5) is 0 Å². The minimum absolute atomic E-state index is 0.0194. The molecule has 1 nitrogen and oxygen atoms in total. The maximum absolute atomic E-state index is 9.68. The summed E-state index contributed by atoms with van der Waals surface area (Å²) in [6, 6.07) is 0. The highest BCUT2D eigenvalue weighted by Gasteiger charge is 2.30. The summed E-state index contributed by atoms with van der Waals surface area (Å²) in [4.78, 5) is 0. The molecular weight excluding hydrogens is 172 g/mol. The van der Waals surface area contributed by atoms with Gasteiger partial charge in [0.15, 0.2) is 0 Å². The molecule has 0 aliphatic heterocycles. The van der Waals surface area contributed by atoms with E-state index in [0.29, 0.717) is 0 Å². The van der Waals surface area contributed by atoms with Crippen LogP contribution in [0, 0.1) is 17.8 Å². The van der Waals surface area contributed by atoms with Gasteiger partial charge in [-0.2, -0.15) is 0 Å². The summed E-state index contributed by atoms with van der Waals surface area (Å²) in [5, 5.41) is 9.68. The second-order valence-electron chi connectivity index (χ2n) is 5.60. The van der Waals surface area contributed by atoms with Crippen LogP contribution in [0.1, 0.15) is 58.3 Å². The Hall–Kier alpha value is -0.0400. The van der Waals surface area contributed by atoms with Crippen molar-refractivity contribution in [2.24, 2.45) is 17.8 Å². The molecule has 2 saturated carbocycles. The maximum atomic E-state index is 9.68. The van der Waals surface area contributed by atoms with Crippen LogP contribution in [0.5, 0.6) is 0 Å². The molecule has 0 aromatic carbocycles. The summed E-state index contributed by atoms with van der Waals surface area (Å²) in [6.07, 6.45) is 10.5. The van der Waals surface area contributed by atoms with Crippen LogP contribution in [0.25, 0.3) is 0 Å². The molecule has 4 atom stereocenters. The van der Waals surface area contributed by atoms with Gasteiger partial charge in [-0.05, 0) is 43.4 Å². The Morgan fingerprint density at radius 2 is 1.64 bits per heavy atom. The van der Waals surface area contributed by atoms with Gasteiger partial charge in [-0.3, -0.25) is 0 Å². The predicted octanol–water partition coefficient (Wildman–Crippen LogP) is 3.36.